The highest BCUT2D eigenvalue weighted by atomic mass is 32.2. The molecule has 7 heteroatoms. The Labute approximate surface area is 120 Å². The lowest BCUT2D eigenvalue weighted by Gasteiger charge is -2.05. The van der Waals surface area contributed by atoms with Gasteiger partial charge in [0.25, 0.3) is 10.0 Å². The van der Waals surface area contributed by atoms with E-state index in [2.05, 4.69) is 14.7 Å². The summed E-state index contributed by atoms with van der Waals surface area (Å²) in [5.74, 6) is 0. The Bertz CT molecular complexity index is 849. The number of hydrogen-bond acceptors (Lipinski definition) is 4. The summed E-state index contributed by atoms with van der Waals surface area (Å²) < 4.78 is 27.5. The minimum atomic E-state index is -3.52. The minimum Gasteiger partial charge on any atom is -0.345 e. The zero-order valence-corrected chi connectivity index (χ0v) is 12.4. The van der Waals surface area contributed by atoms with Gasteiger partial charge in [0.05, 0.1) is 23.0 Å². The molecular formula is C13H13N3O2S2. The average Bonchev–Trinajstić information content (AvgIpc) is 3.06. The molecule has 0 bridgehead atoms. The molecule has 0 fully saturated rings. The number of thiophene rings is 1. The molecule has 0 aliphatic carbocycles. The Kier molecular flexibility index (Phi) is 3.23. The Hall–Kier alpha value is -1.86. The summed E-state index contributed by atoms with van der Waals surface area (Å²) in [6, 6.07) is 8.69. The summed E-state index contributed by atoms with van der Waals surface area (Å²) >= 11 is 1.29. The van der Waals surface area contributed by atoms with Crippen LogP contribution in [-0.4, -0.2) is 18.4 Å². The van der Waals surface area contributed by atoms with Crippen LogP contribution < -0.4 is 4.72 Å². The molecule has 0 saturated carbocycles. The molecule has 2 aromatic heterocycles. The minimum absolute atomic E-state index is 0.332. The van der Waals surface area contributed by atoms with Crippen molar-refractivity contribution >= 4 is 38.1 Å². The van der Waals surface area contributed by atoms with Gasteiger partial charge in [-0.05, 0) is 36.8 Å². The standard InChI is InChI=1S/C13H13N3O2S2/c1-2-10-4-6-13(19-10)20(17,18)16-9-3-5-11-12(7-9)15-8-14-11/h3-8,16H,2H2,1H3,(H,14,15). The number of fused-ring (bicyclic) bond motifs is 1. The zero-order valence-electron chi connectivity index (χ0n) is 10.8. The van der Waals surface area contributed by atoms with Crippen molar-refractivity contribution in [2.45, 2.75) is 17.6 Å². The Balaban J connectivity index is 1.92. The van der Waals surface area contributed by atoms with Gasteiger partial charge in [-0.1, -0.05) is 6.92 Å². The number of aryl methyl sites for hydroxylation is 1. The molecule has 2 heterocycles. The van der Waals surface area contributed by atoms with Gasteiger partial charge in [-0.2, -0.15) is 0 Å². The number of nitrogens with zero attached hydrogens (tertiary/aromatic N) is 1. The maximum atomic E-state index is 12.3. The fourth-order valence-corrected chi connectivity index (χ4v) is 4.24. The monoisotopic (exact) mass is 307 g/mol. The molecule has 0 radical (unpaired) electrons. The molecule has 3 rings (SSSR count). The molecule has 0 unspecified atom stereocenters. The molecule has 5 nitrogen and oxygen atoms in total. The molecular weight excluding hydrogens is 294 g/mol. The van der Waals surface area contributed by atoms with E-state index in [1.165, 1.54) is 11.3 Å². The van der Waals surface area contributed by atoms with Gasteiger partial charge in [0.2, 0.25) is 0 Å². The Morgan fingerprint density at radius 1 is 1.30 bits per heavy atom. The number of anilines is 1. The number of nitrogens with one attached hydrogen (secondary N) is 2. The molecule has 0 aliphatic heterocycles. The van der Waals surface area contributed by atoms with Crippen molar-refractivity contribution in [2.75, 3.05) is 4.72 Å². The number of benzene rings is 1. The molecule has 3 aromatic rings. The SMILES string of the molecule is CCc1ccc(S(=O)(=O)Nc2ccc3nc[nH]c3c2)s1. The molecule has 1 aromatic carbocycles. The number of sulfonamides is 1. The third kappa shape index (κ3) is 2.41. The topological polar surface area (TPSA) is 74.8 Å². The first-order valence-corrected chi connectivity index (χ1v) is 8.43. The summed E-state index contributed by atoms with van der Waals surface area (Å²) in [4.78, 5) is 8.10. The molecule has 0 atom stereocenters. The van der Waals surface area contributed by atoms with Gasteiger partial charge in [-0.25, -0.2) is 13.4 Å². The van der Waals surface area contributed by atoms with Crippen molar-refractivity contribution in [3.05, 3.63) is 41.5 Å². The van der Waals surface area contributed by atoms with Crippen molar-refractivity contribution in [2.24, 2.45) is 0 Å². The number of hydrogen-bond donors (Lipinski definition) is 2. The van der Waals surface area contributed by atoms with E-state index < -0.39 is 10.0 Å². The highest BCUT2D eigenvalue weighted by Crippen LogP contribution is 2.25. The summed E-state index contributed by atoms with van der Waals surface area (Å²) in [7, 11) is -3.52. The molecule has 0 aliphatic rings. The first-order chi connectivity index (χ1) is 9.58. The van der Waals surface area contributed by atoms with E-state index in [-0.39, 0.29) is 0 Å². The molecule has 0 saturated heterocycles. The quantitative estimate of drug-likeness (QED) is 0.778. The fraction of sp³-hybridized carbons (Fsp3) is 0.154. The molecule has 2 N–H and O–H groups in total. The third-order valence-corrected chi connectivity index (χ3v) is 6.03. The maximum absolute atomic E-state index is 12.3. The summed E-state index contributed by atoms with van der Waals surface area (Å²) in [5, 5.41) is 0. The second kappa shape index (κ2) is 4.92. The number of imidazole rings is 1. The summed E-state index contributed by atoms with van der Waals surface area (Å²) in [5.41, 5.74) is 2.12. The van der Waals surface area contributed by atoms with Crippen LogP contribution in [0.4, 0.5) is 5.69 Å². The van der Waals surface area contributed by atoms with E-state index in [4.69, 9.17) is 0 Å². The predicted molar refractivity (Wildman–Crippen MR) is 80.6 cm³/mol. The van der Waals surface area contributed by atoms with Crippen LogP contribution in [-0.2, 0) is 16.4 Å². The molecule has 0 spiro atoms. The number of aromatic amines is 1. The van der Waals surface area contributed by atoms with Crippen LogP contribution in [0.25, 0.3) is 11.0 Å². The number of rotatable bonds is 4. The van der Waals surface area contributed by atoms with Gasteiger partial charge in [0, 0.05) is 4.88 Å². The van der Waals surface area contributed by atoms with E-state index in [1.54, 1.807) is 30.6 Å². The predicted octanol–water partition coefficient (Wildman–Crippen LogP) is 2.99. The largest absolute Gasteiger partial charge is 0.345 e. The van der Waals surface area contributed by atoms with Crippen LogP contribution >= 0.6 is 11.3 Å². The normalized spacial score (nSPS) is 11.8. The highest BCUT2D eigenvalue weighted by molar-refractivity contribution is 7.94. The second-order valence-corrected chi connectivity index (χ2v) is 7.39. The van der Waals surface area contributed by atoms with Crippen LogP contribution in [0, 0.1) is 0 Å². The van der Waals surface area contributed by atoms with E-state index in [0.29, 0.717) is 9.90 Å². The van der Waals surface area contributed by atoms with Gasteiger partial charge in [-0.3, -0.25) is 4.72 Å². The fourth-order valence-electron chi connectivity index (χ4n) is 1.90. The lowest BCUT2D eigenvalue weighted by Crippen LogP contribution is -2.11. The van der Waals surface area contributed by atoms with Crippen molar-refractivity contribution in [1.29, 1.82) is 0 Å². The van der Waals surface area contributed by atoms with Crippen molar-refractivity contribution in [1.82, 2.24) is 9.97 Å². The van der Waals surface area contributed by atoms with Crippen molar-refractivity contribution in [3.8, 4) is 0 Å². The lowest BCUT2D eigenvalue weighted by atomic mass is 10.3. The van der Waals surface area contributed by atoms with Gasteiger partial charge >= 0.3 is 0 Å². The van der Waals surface area contributed by atoms with Crippen LogP contribution in [0.5, 0.6) is 0 Å². The van der Waals surface area contributed by atoms with Gasteiger partial charge in [0.15, 0.2) is 0 Å². The van der Waals surface area contributed by atoms with Crippen LogP contribution in [0.3, 0.4) is 0 Å². The molecule has 0 amide bonds. The maximum Gasteiger partial charge on any atom is 0.271 e. The van der Waals surface area contributed by atoms with E-state index >= 15 is 0 Å². The molecule has 20 heavy (non-hydrogen) atoms. The van der Waals surface area contributed by atoms with Gasteiger partial charge in [-0.15, -0.1) is 11.3 Å². The average molecular weight is 307 g/mol. The van der Waals surface area contributed by atoms with Gasteiger partial charge in [0.1, 0.15) is 4.21 Å². The van der Waals surface area contributed by atoms with Crippen LogP contribution in [0.1, 0.15) is 11.8 Å². The van der Waals surface area contributed by atoms with Crippen LogP contribution in [0.2, 0.25) is 0 Å². The highest BCUT2D eigenvalue weighted by Gasteiger charge is 2.16. The zero-order chi connectivity index (χ0) is 14.2. The van der Waals surface area contributed by atoms with Crippen molar-refractivity contribution in [3.63, 3.8) is 0 Å². The summed E-state index contributed by atoms with van der Waals surface area (Å²) in [6.45, 7) is 2.00. The third-order valence-electron chi connectivity index (χ3n) is 2.92. The Morgan fingerprint density at radius 2 is 2.15 bits per heavy atom. The first-order valence-electron chi connectivity index (χ1n) is 6.13. The smallest absolute Gasteiger partial charge is 0.271 e. The number of H-pyrrole nitrogens is 1. The van der Waals surface area contributed by atoms with Crippen LogP contribution in [0.15, 0.2) is 40.9 Å². The van der Waals surface area contributed by atoms with Gasteiger partial charge < -0.3 is 4.98 Å². The molecule has 104 valence electrons. The van der Waals surface area contributed by atoms with E-state index in [9.17, 15) is 8.42 Å². The lowest BCUT2D eigenvalue weighted by molar-refractivity contribution is 0.603. The second-order valence-electron chi connectivity index (χ2n) is 4.31. The summed E-state index contributed by atoms with van der Waals surface area (Å²) in [6.07, 6.45) is 2.41. The van der Waals surface area contributed by atoms with Crippen molar-refractivity contribution < 1.29 is 8.42 Å². The van der Waals surface area contributed by atoms with E-state index in [0.717, 1.165) is 22.3 Å². The Morgan fingerprint density at radius 3 is 2.90 bits per heavy atom. The first kappa shape index (κ1) is 13.1. The number of aromatic nitrogens is 2. The van der Waals surface area contributed by atoms with E-state index in [1.807, 2.05) is 13.0 Å².